The monoisotopic (exact) mass is 346 g/mol. The van der Waals surface area contributed by atoms with E-state index < -0.39 is 0 Å². The molecule has 0 bridgehead atoms. The first-order chi connectivity index (χ1) is 8.70. The van der Waals surface area contributed by atoms with Crippen LogP contribution < -0.4 is 5.32 Å². The molecule has 1 aromatic rings. The molecular weight excluding hydrogens is 324 g/mol. The van der Waals surface area contributed by atoms with Gasteiger partial charge in [-0.05, 0) is 63.5 Å². The van der Waals surface area contributed by atoms with Crippen LogP contribution in [-0.4, -0.2) is 31.6 Å². The summed E-state index contributed by atoms with van der Waals surface area (Å²) >= 11 is 3.50. The quantitative estimate of drug-likeness (QED) is 0.889. The number of hydrogen-bond acceptors (Lipinski definition) is 2. The second-order valence-electron chi connectivity index (χ2n) is 5.29. The van der Waals surface area contributed by atoms with Crippen molar-refractivity contribution in [2.45, 2.75) is 25.8 Å². The van der Waals surface area contributed by atoms with Crippen LogP contribution in [0.1, 0.15) is 31.4 Å². The number of hydrogen-bond donors (Lipinski definition) is 1. The fourth-order valence-corrected chi connectivity index (χ4v) is 3.12. The van der Waals surface area contributed by atoms with Crippen molar-refractivity contribution >= 4 is 28.3 Å². The average molecular weight is 348 g/mol. The van der Waals surface area contributed by atoms with Gasteiger partial charge in [0, 0.05) is 17.1 Å². The van der Waals surface area contributed by atoms with Crippen LogP contribution in [0.15, 0.2) is 28.7 Å². The molecule has 0 aliphatic carbocycles. The third-order valence-electron chi connectivity index (χ3n) is 3.94. The Morgan fingerprint density at radius 3 is 2.68 bits per heavy atom. The summed E-state index contributed by atoms with van der Waals surface area (Å²) in [5.74, 6) is 0.807. The van der Waals surface area contributed by atoms with E-state index >= 15 is 0 Å². The van der Waals surface area contributed by atoms with Crippen LogP contribution in [0.5, 0.6) is 0 Å². The van der Waals surface area contributed by atoms with E-state index in [2.05, 4.69) is 64.4 Å². The zero-order valence-corrected chi connectivity index (χ0v) is 14.1. The molecule has 0 amide bonds. The lowest BCUT2D eigenvalue weighted by Crippen LogP contribution is -2.40. The molecule has 1 aromatic carbocycles. The first-order valence-corrected chi connectivity index (χ1v) is 7.64. The first kappa shape index (κ1) is 17.0. The molecule has 2 nitrogen and oxygen atoms in total. The van der Waals surface area contributed by atoms with Crippen LogP contribution in [0.3, 0.4) is 0 Å². The van der Waals surface area contributed by atoms with Gasteiger partial charge in [0.1, 0.15) is 0 Å². The fourth-order valence-electron chi connectivity index (χ4n) is 2.86. The van der Waals surface area contributed by atoms with E-state index in [9.17, 15) is 0 Å². The smallest absolute Gasteiger partial charge is 0.0320 e. The lowest BCUT2D eigenvalue weighted by molar-refractivity contribution is 0.131. The van der Waals surface area contributed by atoms with Gasteiger partial charge in [0.05, 0.1) is 0 Å². The van der Waals surface area contributed by atoms with Gasteiger partial charge in [-0.25, -0.2) is 0 Å². The SMILES string of the molecule is CNCC1CCCN(C(C)c2ccc(Br)cc2)C1.Cl. The van der Waals surface area contributed by atoms with Crippen molar-refractivity contribution in [2.24, 2.45) is 5.92 Å². The van der Waals surface area contributed by atoms with E-state index in [0.29, 0.717) is 6.04 Å². The number of benzene rings is 1. The molecule has 1 aliphatic heterocycles. The Hall–Kier alpha value is -0.0900. The van der Waals surface area contributed by atoms with Crippen LogP contribution in [-0.2, 0) is 0 Å². The summed E-state index contributed by atoms with van der Waals surface area (Å²) in [5, 5.41) is 3.31. The van der Waals surface area contributed by atoms with Crippen molar-refractivity contribution in [1.29, 1.82) is 0 Å². The Bertz CT molecular complexity index is 367. The van der Waals surface area contributed by atoms with Crippen LogP contribution in [0, 0.1) is 5.92 Å². The van der Waals surface area contributed by atoms with Crippen LogP contribution in [0.2, 0.25) is 0 Å². The van der Waals surface area contributed by atoms with Gasteiger partial charge >= 0.3 is 0 Å². The molecule has 1 heterocycles. The molecule has 108 valence electrons. The molecule has 4 heteroatoms. The highest BCUT2D eigenvalue weighted by molar-refractivity contribution is 9.10. The van der Waals surface area contributed by atoms with E-state index in [1.807, 2.05) is 0 Å². The number of nitrogens with zero attached hydrogens (tertiary/aromatic N) is 1. The Kier molecular flexibility index (Phi) is 7.37. The van der Waals surface area contributed by atoms with Crippen molar-refractivity contribution in [3.63, 3.8) is 0 Å². The molecule has 2 unspecified atom stereocenters. The second kappa shape index (κ2) is 8.25. The molecule has 19 heavy (non-hydrogen) atoms. The van der Waals surface area contributed by atoms with E-state index in [0.717, 1.165) is 16.9 Å². The van der Waals surface area contributed by atoms with Crippen molar-refractivity contribution in [2.75, 3.05) is 26.7 Å². The highest BCUT2D eigenvalue weighted by Gasteiger charge is 2.23. The highest BCUT2D eigenvalue weighted by atomic mass is 79.9. The molecule has 0 aromatic heterocycles. The maximum Gasteiger partial charge on any atom is 0.0320 e. The van der Waals surface area contributed by atoms with Gasteiger partial charge in [0.15, 0.2) is 0 Å². The maximum atomic E-state index is 3.50. The first-order valence-electron chi connectivity index (χ1n) is 6.85. The summed E-state index contributed by atoms with van der Waals surface area (Å²) in [4.78, 5) is 2.62. The highest BCUT2D eigenvalue weighted by Crippen LogP contribution is 2.27. The summed E-state index contributed by atoms with van der Waals surface area (Å²) in [6.45, 7) is 5.92. The normalized spacial score (nSPS) is 21.7. The minimum absolute atomic E-state index is 0. The summed E-state index contributed by atoms with van der Waals surface area (Å²) in [6, 6.07) is 9.27. The van der Waals surface area contributed by atoms with Gasteiger partial charge in [-0.2, -0.15) is 0 Å². The van der Waals surface area contributed by atoms with Gasteiger partial charge < -0.3 is 5.32 Å². The number of halogens is 2. The van der Waals surface area contributed by atoms with Gasteiger partial charge in [0.2, 0.25) is 0 Å². The Balaban J connectivity index is 0.00000180. The van der Waals surface area contributed by atoms with E-state index in [1.165, 1.54) is 31.5 Å². The molecule has 1 N–H and O–H groups in total. The van der Waals surface area contributed by atoms with Crippen molar-refractivity contribution in [3.05, 3.63) is 34.3 Å². The molecular formula is C15H24BrClN2. The van der Waals surface area contributed by atoms with Gasteiger partial charge in [0.25, 0.3) is 0 Å². The molecule has 0 saturated carbocycles. The maximum absolute atomic E-state index is 3.50. The molecule has 2 atom stereocenters. The third kappa shape index (κ3) is 4.75. The summed E-state index contributed by atoms with van der Waals surface area (Å²) in [7, 11) is 2.05. The number of nitrogens with one attached hydrogen (secondary N) is 1. The lowest BCUT2D eigenvalue weighted by Gasteiger charge is -2.37. The second-order valence-corrected chi connectivity index (χ2v) is 6.20. The fraction of sp³-hybridized carbons (Fsp3) is 0.600. The van der Waals surface area contributed by atoms with E-state index in [4.69, 9.17) is 0 Å². The predicted octanol–water partition coefficient (Wildman–Crippen LogP) is 3.86. The standard InChI is InChI=1S/C15H23BrN2.ClH/c1-12(14-5-7-15(16)8-6-14)18-9-3-4-13(11-18)10-17-2;/h5-8,12-13,17H,3-4,9-11H2,1-2H3;1H. The summed E-state index contributed by atoms with van der Waals surface area (Å²) in [5.41, 5.74) is 1.42. The largest absolute Gasteiger partial charge is 0.319 e. The topological polar surface area (TPSA) is 15.3 Å². The summed E-state index contributed by atoms with van der Waals surface area (Å²) < 4.78 is 1.16. The molecule has 1 saturated heterocycles. The average Bonchev–Trinajstić information content (AvgIpc) is 2.39. The number of piperidine rings is 1. The van der Waals surface area contributed by atoms with Crippen LogP contribution in [0.4, 0.5) is 0 Å². The molecule has 0 radical (unpaired) electrons. The van der Waals surface area contributed by atoms with E-state index in [1.54, 1.807) is 0 Å². The summed E-state index contributed by atoms with van der Waals surface area (Å²) in [6.07, 6.45) is 2.69. The molecule has 2 rings (SSSR count). The van der Waals surface area contributed by atoms with E-state index in [-0.39, 0.29) is 12.4 Å². The third-order valence-corrected chi connectivity index (χ3v) is 4.47. The Labute approximate surface area is 131 Å². The number of likely N-dealkylation sites (tertiary alicyclic amines) is 1. The molecule has 0 spiro atoms. The van der Waals surface area contributed by atoms with Gasteiger partial charge in [-0.1, -0.05) is 28.1 Å². The van der Waals surface area contributed by atoms with Gasteiger partial charge in [-0.3, -0.25) is 4.90 Å². The number of rotatable bonds is 4. The minimum Gasteiger partial charge on any atom is -0.319 e. The molecule has 1 aliphatic rings. The Morgan fingerprint density at radius 1 is 1.37 bits per heavy atom. The van der Waals surface area contributed by atoms with Crippen LogP contribution >= 0.6 is 28.3 Å². The Morgan fingerprint density at radius 2 is 2.05 bits per heavy atom. The van der Waals surface area contributed by atoms with Crippen molar-refractivity contribution < 1.29 is 0 Å². The zero-order chi connectivity index (χ0) is 13.0. The van der Waals surface area contributed by atoms with Gasteiger partial charge in [-0.15, -0.1) is 12.4 Å². The zero-order valence-electron chi connectivity index (χ0n) is 11.7. The van der Waals surface area contributed by atoms with Crippen molar-refractivity contribution in [3.8, 4) is 0 Å². The molecule has 1 fully saturated rings. The minimum atomic E-state index is 0. The van der Waals surface area contributed by atoms with Crippen LogP contribution in [0.25, 0.3) is 0 Å². The lowest BCUT2D eigenvalue weighted by atomic mass is 9.95. The predicted molar refractivity (Wildman–Crippen MR) is 88.0 cm³/mol. The van der Waals surface area contributed by atoms with Crippen molar-refractivity contribution in [1.82, 2.24) is 10.2 Å².